The Bertz CT molecular complexity index is 565. The van der Waals surface area contributed by atoms with E-state index in [0.717, 1.165) is 48.1 Å². The second-order valence-electron chi connectivity index (χ2n) is 4.67. The van der Waals surface area contributed by atoms with Crippen molar-refractivity contribution in [3.8, 4) is 0 Å². The molecule has 0 bridgehead atoms. The standard InChI is InChI=1S/C14H16N2O/c1-10-13(14(17)16-8-4-5-9-16)11-6-2-3-7-12(11)15-10/h2-3,6-7,15H,4-5,8-9H2,1H3. The van der Waals surface area contributed by atoms with Crippen molar-refractivity contribution in [3.63, 3.8) is 0 Å². The van der Waals surface area contributed by atoms with Crippen LogP contribution in [0, 0.1) is 6.92 Å². The third kappa shape index (κ3) is 1.62. The average Bonchev–Trinajstić information content (AvgIpc) is 2.94. The van der Waals surface area contributed by atoms with E-state index in [1.165, 1.54) is 0 Å². The predicted octanol–water partition coefficient (Wildman–Crippen LogP) is 2.71. The van der Waals surface area contributed by atoms with Crippen LogP contribution in [0.2, 0.25) is 0 Å². The summed E-state index contributed by atoms with van der Waals surface area (Å²) >= 11 is 0. The van der Waals surface area contributed by atoms with Gasteiger partial charge in [-0.05, 0) is 25.8 Å². The molecule has 1 N–H and O–H groups in total. The van der Waals surface area contributed by atoms with Gasteiger partial charge in [0.25, 0.3) is 5.91 Å². The van der Waals surface area contributed by atoms with Crippen molar-refractivity contribution in [2.45, 2.75) is 19.8 Å². The number of benzene rings is 1. The number of hydrogen-bond donors (Lipinski definition) is 1. The van der Waals surface area contributed by atoms with Crippen molar-refractivity contribution in [3.05, 3.63) is 35.5 Å². The minimum Gasteiger partial charge on any atom is -0.358 e. The monoisotopic (exact) mass is 228 g/mol. The fraction of sp³-hybridized carbons (Fsp3) is 0.357. The van der Waals surface area contributed by atoms with E-state index in [1.54, 1.807) is 0 Å². The van der Waals surface area contributed by atoms with Crippen LogP contribution in [0.15, 0.2) is 24.3 Å². The summed E-state index contributed by atoms with van der Waals surface area (Å²) in [6, 6.07) is 8.00. The third-order valence-electron chi connectivity index (χ3n) is 3.50. The number of carbonyl (C=O) groups is 1. The zero-order chi connectivity index (χ0) is 11.8. The highest BCUT2D eigenvalue weighted by molar-refractivity contribution is 6.08. The van der Waals surface area contributed by atoms with Crippen LogP contribution in [0.4, 0.5) is 0 Å². The maximum absolute atomic E-state index is 12.4. The fourth-order valence-electron chi connectivity index (χ4n) is 2.63. The zero-order valence-electron chi connectivity index (χ0n) is 9.99. The Balaban J connectivity index is 2.09. The van der Waals surface area contributed by atoms with Gasteiger partial charge in [-0.25, -0.2) is 0 Å². The van der Waals surface area contributed by atoms with E-state index >= 15 is 0 Å². The van der Waals surface area contributed by atoms with Gasteiger partial charge in [-0.2, -0.15) is 0 Å². The molecule has 1 saturated heterocycles. The third-order valence-corrected chi connectivity index (χ3v) is 3.50. The maximum Gasteiger partial charge on any atom is 0.256 e. The first-order chi connectivity index (χ1) is 8.27. The van der Waals surface area contributed by atoms with Gasteiger partial charge in [0.05, 0.1) is 5.56 Å². The van der Waals surface area contributed by atoms with Crippen LogP contribution < -0.4 is 0 Å². The van der Waals surface area contributed by atoms with Gasteiger partial charge < -0.3 is 9.88 Å². The Morgan fingerprint density at radius 3 is 2.71 bits per heavy atom. The zero-order valence-corrected chi connectivity index (χ0v) is 9.99. The van der Waals surface area contributed by atoms with E-state index in [1.807, 2.05) is 36.1 Å². The summed E-state index contributed by atoms with van der Waals surface area (Å²) in [4.78, 5) is 17.7. The minimum atomic E-state index is 0.178. The molecule has 3 rings (SSSR count). The number of amides is 1. The molecule has 0 radical (unpaired) electrons. The Morgan fingerprint density at radius 1 is 1.24 bits per heavy atom. The summed E-state index contributed by atoms with van der Waals surface area (Å²) in [6.45, 7) is 3.78. The summed E-state index contributed by atoms with van der Waals surface area (Å²) in [6.07, 6.45) is 2.26. The quantitative estimate of drug-likeness (QED) is 0.800. The van der Waals surface area contributed by atoms with Crippen LogP contribution in [-0.4, -0.2) is 28.9 Å². The molecule has 0 atom stereocenters. The molecule has 17 heavy (non-hydrogen) atoms. The number of aryl methyl sites for hydroxylation is 1. The molecule has 88 valence electrons. The lowest BCUT2D eigenvalue weighted by Crippen LogP contribution is -2.27. The number of para-hydroxylation sites is 1. The predicted molar refractivity (Wildman–Crippen MR) is 68.2 cm³/mol. The number of hydrogen-bond acceptors (Lipinski definition) is 1. The highest BCUT2D eigenvalue weighted by Crippen LogP contribution is 2.24. The van der Waals surface area contributed by atoms with Crippen molar-refractivity contribution >= 4 is 16.8 Å². The van der Waals surface area contributed by atoms with Crippen LogP contribution in [0.25, 0.3) is 10.9 Å². The van der Waals surface area contributed by atoms with Crippen LogP contribution in [0.3, 0.4) is 0 Å². The number of aromatic amines is 1. The Morgan fingerprint density at radius 2 is 1.94 bits per heavy atom. The number of carbonyl (C=O) groups excluding carboxylic acids is 1. The van der Waals surface area contributed by atoms with Gasteiger partial charge in [0.1, 0.15) is 0 Å². The van der Waals surface area contributed by atoms with Crippen LogP contribution >= 0.6 is 0 Å². The molecular formula is C14H16N2O. The molecule has 0 spiro atoms. The van der Waals surface area contributed by atoms with Crippen LogP contribution in [0.5, 0.6) is 0 Å². The van der Waals surface area contributed by atoms with Gasteiger partial charge >= 0.3 is 0 Å². The molecule has 0 unspecified atom stereocenters. The summed E-state index contributed by atoms with van der Waals surface area (Å²) in [5.41, 5.74) is 2.87. The number of H-pyrrole nitrogens is 1. The first-order valence-corrected chi connectivity index (χ1v) is 6.14. The Kier molecular flexibility index (Phi) is 2.39. The summed E-state index contributed by atoms with van der Waals surface area (Å²) in [5.74, 6) is 0.178. The van der Waals surface area contributed by atoms with Gasteiger partial charge in [-0.1, -0.05) is 18.2 Å². The van der Waals surface area contributed by atoms with E-state index in [2.05, 4.69) is 4.98 Å². The summed E-state index contributed by atoms with van der Waals surface area (Å²) < 4.78 is 0. The van der Waals surface area contributed by atoms with Crippen LogP contribution in [-0.2, 0) is 0 Å². The number of rotatable bonds is 1. The van der Waals surface area contributed by atoms with Gasteiger partial charge in [0, 0.05) is 29.7 Å². The van der Waals surface area contributed by atoms with Gasteiger partial charge in [-0.15, -0.1) is 0 Å². The number of fused-ring (bicyclic) bond motifs is 1. The molecule has 0 saturated carbocycles. The molecule has 1 amide bonds. The molecular weight excluding hydrogens is 212 g/mol. The largest absolute Gasteiger partial charge is 0.358 e. The Labute approximate surface area is 100 Å². The van der Waals surface area contributed by atoms with Crippen LogP contribution in [0.1, 0.15) is 28.9 Å². The van der Waals surface area contributed by atoms with Gasteiger partial charge in [0.2, 0.25) is 0 Å². The van der Waals surface area contributed by atoms with E-state index in [-0.39, 0.29) is 5.91 Å². The normalized spacial score (nSPS) is 15.7. The van der Waals surface area contributed by atoms with Crippen molar-refractivity contribution < 1.29 is 4.79 Å². The van der Waals surface area contributed by atoms with E-state index < -0.39 is 0 Å². The molecule has 1 aromatic heterocycles. The topological polar surface area (TPSA) is 36.1 Å². The minimum absolute atomic E-state index is 0.178. The Hall–Kier alpha value is -1.77. The van der Waals surface area contributed by atoms with E-state index in [4.69, 9.17) is 0 Å². The molecule has 1 aromatic carbocycles. The maximum atomic E-state index is 12.4. The second-order valence-corrected chi connectivity index (χ2v) is 4.67. The van der Waals surface area contributed by atoms with Crippen molar-refractivity contribution in [2.75, 3.05) is 13.1 Å². The first-order valence-electron chi connectivity index (χ1n) is 6.14. The number of nitrogens with one attached hydrogen (secondary N) is 1. The van der Waals surface area contributed by atoms with Crippen molar-refractivity contribution in [1.82, 2.24) is 9.88 Å². The average molecular weight is 228 g/mol. The molecule has 2 aromatic rings. The highest BCUT2D eigenvalue weighted by Gasteiger charge is 2.23. The lowest BCUT2D eigenvalue weighted by atomic mass is 10.1. The second kappa shape index (κ2) is 3.91. The molecule has 3 heteroatoms. The highest BCUT2D eigenvalue weighted by atomic mass is 16.2. The summed E-state index contributed by atoms with van der Waals surface area (Å²) in [5, 5.41) is 1.04. The molecule has 0 aliphatic carbocycles. The number of aromatic nitrogens is 1. The van der Waals surface area contributed by atoms with E-state index in [0.29, 0.717) is 0 Å². The van der Waals surface area contributed by atoms with Gasteiger partial charge in [0.15, 0.2) is 0 Å². The van der Waals surface area contributed by atoms with Crippen molar-refractivity contribution in [1.29, 1.82) is 0 Å². The lowest BCUT2D eigenvalue weighted by molar-refractivity contribution is 0.0794. The first kappa shape index (κ1) is 10.4. The SMILES string of the molecule is Cc1[nH]c2ccccc2c1C(=O)N1CCCC1. The summed E-state index contributed by atoms with van der Waals surface area (Å²) in [7, 11) is 0. The number of likely N-dealkylation sites (tertiary alicyclic amines) is 1. The van der Waals surface area contributed by atoms with E-state index in [9.17, 15) is 4.79 Å². The lowest BCUT2D eigenvalue weighted by Gasteiger charge is -2.15. The molecule has 1 aliphatic heterocycles. The smallest absolute Gasteiger partial charge is 0.256 e. The molecule has 1 aliphatic rings. The van der Waals surface area contributed by atoms with Gasteiger partial charge in [-0.3, -0.25) is 4.79 Å². The molecule has 1 fully saturated rings. The molecule has 3 nitrogen and oxygen atoms in total. The fourth-order valence-corrected chi connectivity index (χ4v) is 2.63. The number of nitrogens with zero attached hydrogens (tertiary/aromatic N) is 1. The van der Waals surface area contributed by atoms with Crippen molar-refractivity contribution in [2.24, 2.45) is 0 Å². The molecule has 2 heterocycles.